The van der Waals surface area contributed by atoms with Crippen LogP contribution in [0.5, 0.6) is 11.5 Å². The third-order valence-corrected chi connectivity index (χ3v) is 6.49. The number of amides is 1. The summed E-state index contributed by atoms with van der Waals surface area (Å²) in [4.78, 5) is 22.1. The zero-order valence-electron chi connectivity index (χ0n) is 23.0. The number of rotatable bonds is 7. The third-order valence-electron chi connectivity index (χ3n) is 6.49. The highest BCUT2D eigenvalue weighted by Crippen LogP contribution is 2.32. The van der Waals surface area contributed by atoms with E-state index in [1.54, 1.807) is 49.4 Å². The van der Waals surface area contributed by atoms with E-state index in [1.165, 1.54) is 6.07 Å². The molecule has 5 rings (SSSR count). The van der Waals surface area contributed by atoms with Gasteiger partial charge in [-0.25, -0.2) is 14.1 Å². The number of nitrogens with one attached hydrogen (secondary N) is 1. The van der Waals surface area contributed by atoms with E-state index < -0.39 is 5.82 Å². The van der Waals surface area contributed by atoms with Gasteiger partial charge in [-0.1, -0.05) is 51.1 Å². The molecule has 0 fully saturated rings. The maximum atomic E-state index is 15.2. The van der Waals surface area contributed by atoms with Crippen LogP contribution in [-0.4, -0.2) is 39.9 Å². The summed E-state index contributed by atoms with van der Waals surface area (Å²) >= 11 is 0. The number of anilines is 1. The lowest BCUT2D eigenvalue weighted by atomic mass is 9.92. The van der Waals surface area contributed by atoms with Gasteiger partial charge in [0.15, 0.2) is 11.5 Å². The van der Waals surface area contributed by atoms with Gasteiger partial charge in [-0.3, -0.25) is 9.78 Å². The number of carbonyl (C=O) groups is 1. The first-order valence-electron chi connectivity index (χ1n) is 12.8. The van der Waals surface area contributed by atoms with Gasteiger partial charge >= 0.3 is 0 Å². The van der Waals surface area contributed by atoms with E-state index in [4.69, 9.17) is 14.6 Å². The molecule has 1 N–H and O–H groups in total. The summed E-state index contributed by atoms with van der Waals surface area (Å²) in [7, 11) is 3.10. The van der Waals surface area contributed by atoms with E-state index >= 15 is 4.39 Å². The molecule has 0 unspecified atom stereocenters. The number of benzene rings is 3. The van der Waals surface area contributed by atoms with Gasteiger partial charge in [0.1, 0.15) is 11.6 Å². The second-order valence-corrected chi connectivity index (χ2v) is 10.4. The van der Waals surface area contributed by atoms with Gasteiger partial charge in [0.25, 0.3) is 0 Å². The van der Waals surface area contributed by atoms with Crippen LogP contribution in [0.1, 0.15) is 32.0 Å². The molecule has 3 aromatic carbocycles. The van der Waals surface area contributed by atoms with Crippen molar-refractivity contribution in [2.45, 2.75) is 32.6 Å². The first-order valence-corrected chi connectivity index (χ1v) is 12.8. The average molecular weight is 540 g/mol. The number of halogens is 1. The SMILES string of the molecule is COc1cc2ncc(-c3ccc(CC(=O)Nc4cc(C(C)(C)C)nn4-c4ccccc4)c(F)c3)nc2cc1OC. The van der Waals surface area contributed by atoms with E-state index in [0.29, 0.717) is 39.6 Å². The van der Waals surface area contributed by atoms with Crippen molar-refractivity contribution in [1.29, 1.82) is 0 Å². The molecule has 0 radical (unpaired) electrons. The van der Waals surface area contributed by atoms with Crippen molar-refractivity contribution in [1.82, 2.24) is 19.7 Å². The average Bonchev–Trinajstić information content (AvgIpc) is 3.37. The van der Waals surface area contributed by atoms with Crippen molar-refractivity contribution < 1.29 is 18.7 Å². The maximum Gasteiger partial charge on any atom is 0.230 e. The molecular formula is C31H30FN5O3. The minimum atomic E-state index is -0.506. The van der Waals surface area contributed by atoms with E-state index in [0.717, 1.165) is 11.4 Å². The standard InChI is InChI=1S/C31H30FN5O3/c1-31(2,3)28-17-29(37(36-28)21-9-7-6-8-10-21)35-30(38)14-19-11-12-20(13-22(19)32)25-18-33-23-15-26(39-4)27(40-5)16-24(23)34-25/h6-13,15-18H,14H2,1-5H3,(H,35,38). The first kappa shape index (κ1) is 26.8. The number of ether oxygens (including phenoxy) is 2. The summed E-state index contributed by atoms with van der Waals surface area (Å²) in [5.74, 6) is 0.741. The van der Waals surface area contributed by atoms with E-state index in [-0.39, 0.29) is 23.3 Å². The third kappa shape index (κ3) is 5.49. The van der Waals surface area contributed by atoms with Crippen LogP contribution >= 0.6 is 0 Å². The molecule has 0 atom stereocenters. The molecule has 8 nitrogen and oxygen atoms in total. The Bertz CT molecular complexity index is 1690. The zero-order valence-corrected chi connectivity index (χ0v) is 23.0. The van der Waals surface area contributed by atoms with Gasteiger partial charge in [-0.2, -0.15) is 5.10 Å². The van der Waals surface area contributed by atoms with Crippen LogP contribution in [0.2, 0.25) is 0 Å². The number of aromatic nitrogens is 4. The van der Waals surface area contributed by atoms with E-state index in [2.05, 4.69) is 36.1 Å². The Morgan fingerprint density at radius 3 is 2.30 bits per heavy atom. The Balaban J connectivity index is 1.37. The topological polar surface area (TPSA) is 91.2 Å². The normalized spacial score (nSPS) is 11.4. The van der Waals surface area contributed by atoms with Crippen molar-refractivity contribution in [3.8, 4) is 28.4 Å². The second kappa shape index (κ2) is 10.8. The molecule has 204 valence electrons. The number of methoxy groups -OCH3 is 2. The van der Waals surface area contributed by atoms with Gasteiger partial charge in [-0.15, -0.1) is 0 Å². The molecule has 0 saturated heterocycles. The van der Waals surface area contributed by atoms with E-state index in [1.807, 2.05) is 36.4 Å². The maximum absolute atomic E-state index is 15.2. The molecule has 1 amide bonds. The molecule has 9 heteroatoms. The number of hydrogen-bond donors (Lipinski definition) is 1. The van der Waals surface area contributed by atoms with Gasteiger partial charge in [0.2, 0.25) is 5.91 Å². The van der Waals surface area contributed by atoms with Crippen LogP contribution in [0.3, 0.4) is 0 Å². The van der Waals surface area contributed by atoms with Gasteiger partial charge < -0.3 is 14.8 Å². The van der Waals surface area contributed by atoms with Crippen molar-refractivity contribution >= 4 is 22.8 Å². The van der Waals surface area contributed by atoms with Gasteiger partial charge in [0.05, 0.1) is 54.9 Å². The fraction of sp³-hybridized carbons (Fsp3) is 0.226. The fourth-order valence-electron chi connectivity index (χ4n) is 4.29. The highest BCUT2D eigenvalue weighted by Gasteiger charge is 2.22. The molecule has 0 aliphatic rings. The molecule has 2 aromatic heterocycles. The highest BCUT2D eigenvalue weighted by molar-refractivity contribution is 5.92. The van der Waals surface area contributed by atoms with Crippen molar-refractivity contribution in [2.75, 3.05) is 19.5 Å². The minimum absolute atomic E-state index is 0.142. The molecule has 5 aromatic rings. The smallest absolute Gasteiger partial charge is 0.230 e. The predicted molar refractivity (Wildman–Crippen MR) is 153 cm³/mol. The molecular weight excluding hydrogens is 509 g/mol. The molecule has 2 heterocycles. The number of para-hydroxylation sites is 1. The summed E-state index contributed by atoms with van der Waals surface area (Å²) in [6, 6.07) is 19.6. The highest BCUT2D eigenvalue weighted by atomic mass is 19.1. The van der Waals surface area contributed by atoms with Crippen LogP contribution in [0.25, 0.3) is 28.0 Å². The Kier molecular flexibility index (Phi) is 7.21. The zero-order chi connectivity index (χ0) is 28.4. The number of nitrogens with zero attached hydrogens (tertiary/aromatic N) is 4. The lowest BCUT2D eigenvalue weighted by Gasteiger charge is -2.14. The number of carbonyl (C=O) groups excluding carboxylic acids is 1. The Hall–Kier alpha value is -4.79. The largest absolute Gasteiger partial charge is 0.493 e. The van der Waals surface area contributed by atoms with Crippen molar-refractivity contribution in [3.63, 3.8) is 0 Å². The molecule has 40 heavy (non-hydrogen) atoms. The monoisotopic (exact) mass is 539 g/mol. The molecule has 0 spiro atoms. The summed E-state index contributed by atoms with van der Waals surface area (Å²) in [5, 5.41) is 7.63. The number of hydrogen-bond acceptors (Lipinski definition) is 6. The Morgan fingerprint density at radius 1 is 0.950 bits per heavy atom. The molecule has 0 bridgehead atoms. The Morgan fingerprint density at radius 2 is 1.65 bits per heavy atom. The summed E-state index contributed by atoms with van der Waals surface area (Å²) in [6.45, 7) is 6.17. The lowest BCUT2D eigenvalue weighted by molar-refractivity contribution is -0.115. The van der Waals surface area contributed by atoms with Crippen molar-refractivity contribution in [2.24, 2.45) is 0 Å². The second-order valence-electron chi connectivity index (χ2n) is 10.4. The fourth-order valence-corrected chi connectivity index (χ4v) is 4.29. The predicted octanol–water partition coefficient (Wildman–Crippen LogP) is 6.12. The van der Waals surface area contributed by atoms with Crippen molar-refractivity contribution in [3.05, 3.63) is 90.0 Å². The summed E-state index contributed by atoms with van der Waals surface area (Å²) in [6.07, 6.45) is 1.43. The van der Waals surface area contributed by atoms with Crippen LogP contribution in [0, 0.1) is 5.82 Å². The molecule has 0 aliphatic heterocycles. The Labute approximate surface area is 231 Å². The van der Waals surface area contributed by atoms with Crippen LogP contribution in [0.15, 0.2) is 72.9 Å². The quantitative estimate of drug-likeness (QED) is 0.268. The molecule has 0 saturated carbocycles. The van der Waals surface area contributed by atoms with Gasteiger partial charge in [-0.05, 0) is 23.8 Å². The summed E-state index contributed by atoms with van der Waals surface area (Å²) in [5.41, 5.74) is 3.95. The lowest BCUT2D eigenvalue weighted by Crippen LogP contribution is -2.17. The first-order chi connectivity index (χ1) is 19.2. The van der Waals surface area contributed by atoms with Gasteiger partial charge in [0, 0.05) is 29.2 Å². The number of fused-ring (bicyclic) bond motifs is 1. The minimum Gasteiger partial charge on any atom is -0.493 e. The molecule has 0 aliphatic carbocycles. The van der Waals surface area contributed by atoms with Crippen LogP contribution in [0.4, 0.5) is 10.2 Å². The van der Waals surface area contributed by atoms with Crippen LogP contribution in [-0.2, 0) is 16.6 Å². The summed E-state index contributed by atoms with van der Waals surface area (Å²) < 4.78 is 27.6. The van der Waals surface area contributed by atoms with E-state index in [9.17, 15) is 4.79 Å². The van der Waals surface area contributed by atoms with Crippen LogP contribution < -0.4 is 14.8 Å².